The predicted octanol–water partition coefficient (Wildman–Crippen LogP) is 6.09. The lowest BCUT2D eigenvalue weighted by molar-refractivity contribution is 0.261. The SMILES string of the molecule is CCC1=C(c2ccccc2)c2ccc(OCCN(C)C)cc2CCc2ccccc21. The van der Waals surface area contributed by atoms with Gasteiger partial charge in [-0.15, -0.1) is 0 Å². The summed E-state index contributed by atoms with van der Waals surface area (Å²) in [6.45, 7) is 3.89. The summed E-state index contributed by atoms with van der Waals surface area (Å²) in [5.74, 6) is 0.968. The Hall–Kier alpha value is -2.84. The second-order valence-corrected chi connectivity index (χ2v) is 8.20. The number of hydrogen-bond donors (Lipinski definition) is 0. The average molecular weight is 398 g/mol. The van der Waals surface area contributed by atoms with E-state index in [9.17, 15) is 0 Å². The Bertz CT molecular complexity index is 1030. The number of rotatable bonds is 6. The van der Waals surface area contributed by atoms with Gasteiger partial charge in [0.15, 0.2) is 0 Å². The van der Waals surface area contributed by atoms with Crippen LogP contribution in [-0.4, -0.2) is 32.1 Å². The monoisotopic (exact) mass is 397 g/mol. The van der Waals surface area contributed by atoms with E-state index in [1.807, 2.05) is 0 Å². The third-order valence-electron chi connectivity index (χ3n) is 5.88. The molecule has 0 saturated heterocycles. The standard InChI is InChI=1S/C28H31NO/c1-4-25-26-13-9-8-10-21(26)14-15-23-20-24(30-19-18-29(2)3)16-17-27(23)28(25)22-11-6-5-7-12-22/h5-13,16-17,20H,4,14-15,18-19H2,1-3H3. The Morgan fingerprint density at radius 2 is 1.53 bits per heavy atom. The first kappa shape index (κ1) is 20.4. The molecule has 4 rings (SSSR count). The molecule has 0 fully saturated rings. The van der Waals surface area contributed by atoms with Crippen LogP contribution < -0.4 is 4.74 Å². The van der Waals surface area contributed by atoms with Crippen LogP contribution in [0.2, 0.25) is 0 Å². The van der Waals surface area contributed by atoms with Crippen molar-refractivity contribution in [3.05, 3.63) is 101 Å². The Kier molecular flexibility index (Phi) is 6.35. The van der Waals surface area contributed by atoms with Crippen LogP contribution in [0.15, 0.2) is 72.8 Å². The number of nitrogens with zero attached hydrogens (tertiary/aromatic N) is 1. The van der Waals surface area contributed by atoms with Crippen molar-refractivity contribution >= 4 is 11.1 Å². The van der Waals surface area contributed by atoms with Crippen LogP contribution in [0, 0.1) is 0 Å². The molecule has 0 bridgehead atoms. The summed E-state index contributed by atoms with van der Waals surface area (Å²) in [4.78, 5) is 2.15. The van der Waals surface area contributed by atoms with Crippen LogP contribution in [0.4, 0.5) is 0 Å². The zero-order valence-corrected chi connectivity index (χ0v) is 18.3. The van der Waals surface area contributed by atoms with E-state index in [1.54, 1.807) is 0 Å². The summed E-state index contributed by atoms with van der Waals surface area (Å²) >= 11 is 0. The number of ether oxygens (including phenoxy) is 1. The lowest BCUT2D eigenvalue weighted by Crippen LogP contribution is -2.19. The molecule has 0 spiro atoms. The quantitative estimate of drug-likeness (QED) is 0.499. The van der Waals surface area contributed by atoms with Crippen molar-refractivity contribution in [3.63, 3.8) is 0 Å². The lowest BCUT2D eigenvalue weighted by Gasteiger charge is -2.24. The van der Waals surface area contributed by atoms with Crippen LogP contribution in [-0.2, 0) is 12.8 Å². The van der Waals surface area contributed by atoms with Crippen molar-refractivity contribution in [2.75, 3.05) is 27.2 Å². The molecule has 0 N–H and O–H groups in total. The molecule has 1 aliphatic carbocycles. The van der Waals surface area contributed by atoms with Gasteiger partial charge in [-0.05, 0) is 84.5 Å². The van der Waals surface area contributed by atoms with Gasteiger partial charge in [-0.25, -0.2) is 0 Å². The predicted molar refractivity (Wildman–Crippen MR) is 127 cm³/mol. The molecule has 0 aromatic heterocycles. The van der Waals surface area contributed by atoms with E-state index in [1.165, 1.54) is 39.0 Å². The van der Waals surface area contributed by atoms with Crippen LogP contribution >= 0.6 is 0 Å². The Balaban J connectivity index is 1.85. The normalized spacial score (nSPS) is 13.5. The second-order valence-electron chi connectivity index (χ2n) is 8.20. The molecule has 0 unspecified atom stereocenters. The number of likely N-dealkylation sites (N-methyl/N-ethyl adjacent to an activating group) is 1. The minimum atomic E-state index is 0.705. The van der Waals surface area contributed by atoms with E-state index < -0.39 is 0 Å². The molecular weight excluding hydrogens is 366 g/mol. The molecule has 0 heterocycles. The van der Waals surface area contributed by atoms with Gasteiger partial charge in [-0.1, -0.05) is 67.6 Å². The molecule has 154 valence electrons. The van der Waals surface area contributed by atoms with Gasteiger partial charge >= 0.3 is 0 Å². The zero-order chi connectivity index (χ0) is 20.9. The Morgan fingerprint density at radius 1 is 0.800 bits per heavy atom. The molecule has 3 aromatic carbocycles. The van der Waals surface area contributed by atoms with Crippen molar-refractivity contribution in [2.24, 2.45) is 0 Å². The highest BCUT2D eigenvalue weighted by molar-refractivity contribution is 6.00. The van der Waals surface area contributed by atoms with Gasteiger partial charge < -0.3 is 9.64 Å². The smallest absolute Gasteiger partial charge is 0.119 e. The van der Waals surface area contributed by atoms with Crippen LogP contribution in [0.5, 0.6) is 5.75 Å². The van der Waals surface area contributed by atoms with Crippen molar-refractivity contribution < 1.29 is 4.74 Å². The third kappa shape index (κ3) is 4.34. The lowest BCUT2D eigenvalue weighted by atomic mass is 9.80. The molecule has 2 nitrogen and oxygen atoms in total. The van der Waals surface area contributed by atoms with Gasteiger partial charge in [0, 0.05) is 6.54 Å². The highest BCUT2D eigenvalue weighted by Crippen LogP contribution is 2.40. The molecule has 2 heteroatoms. The van der Waals surface area contributed by atoms with Crippen molar-refractivity contribution in [2.45, 2.75) is 26.2 Å². The second kappa shape index (κ2) is 9.32. The van der Waals surface area contributed by atoms with Crippen LogP contribution in [0.25, 0.3) is 11.1 Å². The van der Waals surface area contributed by atoms with E-state index >= 15 is 0 Å². The fourth-order valence-electron chi connectivity index (χ4n) is 4.36. The van der Waals surface area contributed by atoms with Gasteiger partial charge in [0.2, 0.25) is 0 Å². The summed E-state index contributed by atoms with van der Waals surface area (Å²) in [6.07, 6.45) is 3.07. The molecule has 3 aromatic rings. The maximum atomic E-state index is 6.06. The molecular formula is C28H31NO. The van der Waals surface area contributed by atoms with Gasteiger partial charge in [-0.3, -0.25) is 0 Å². The molecule has 0 aliphatic heterocycles. The fraction of sp³-hybridized carbons (Fsp3) is 0.286. The van der Waals surface area contributed by atoms with Gasteiger partial charge in [0.05, 0.1) is 0 Å². The summed E-state index contributed by atoms with van der Waals surface area (Å²) in [7, 11) is 4.15. The molecule has 0 radical (unpaired) electrons. The van der Waals surface area contributed by atoms with Crippen LogP contribution in [0.3, 0.4) is 0 Å². The maximum Gasteiger partial charge on any atom is 0.119 e. The van der Waals surface area contributed by atoms with Crippen molar-refractivity contribution in [1.82, 2.24) is 4.90 Å². The number of benzene rings is 3. The highest BCUT2D eigenvalue weighted by atomic mass is 16.5. The van der Waals surface area contributed by atoms with Crippen molar-refractivity contribution in [3.8, 4) is 5.75 Å². The largest absolute Gasteiger partial charge is 0.492 e. The first-order valence-electron chi connectivity index (χ1n) is 10.9. The van der Waals surface area contributed by atoms with Gasteiger partial charge in [0.1, 0.15) is 12.4 Å². The topological polar surface area (TPSA) is 12.5 Å². The molecule has 0 amide bonds. The summed E-state index contributed by atoms with van der Waals surface area (Å²) in [5.41, 5.74) is 9.63. The van der Waals surface area contributed by atoms with Gasteiger partial charge in [0.25, 0.3) is 0 Å². The number of hydrogen-bond acceptors (Lipinski definition) is 2. The first-order chi connectivity index (χ1) is 14.7. The van der Waals surface area contributed by atoms with Gasteiger partial charge in [-0.2, -0.15) is 0 Å². The van der Waals surface area contributed by atoms with Crippen LogP contribution in [0.1, 0.15) is 41.2 Å². The number of allylic oxidation sites excluding steroid dienone is 1. The Labute approximate surface area is 180 Å². The van der Waals surface area contributed by atoms with E-state index in [0.29, 0.717) is 6.61 Å². The van der Waals surface area contributed by atoms with Crippen molar-refractivity contribution in [1.29, 1.82) is 0 Å². The zero-order valence-electron chi connectivity index (χ0n) is 18.3. The minimum Gasteiger partial charge on any atom is -0.492 e. The maximum absolute atomic E-state index is 6.06. The molecule has 1 aliphatic rings. The third-order valence-corrected chi connectivity index (χ3v) is 5.88. The Morgan fingerprint density at radius 3 is 2.30 bits per heavy atom. The van der Waals surface area contributed by atoms with E-state index in [-0.39, 0.29) is 0 Å². The summed E-state index contributed by atoms with van der Waals surface area (Å²) in [5, 5.41) is 0. The summed E-state index contributed by atoms with van der Waals surface area (Å²) in [6, 6.07) is 26.4. The fourth-order valence-corrected chi connectivity index (χ4v) is 4.36. The van der Waals surface area contributed by atoms with E-state index in [4.69, 9.17) is 4.74 Å². The average Bonchev–Trinajstić information content (AvgIpc) is 2.76. The highest BCUT2D eigenvalue weighted by Gasteiger charge is 2.20. The molecule has 30 heavy (non-hydrogen) atoms. The van der Waals surface area contributed by atoms with E-state index in [0.717, 1.165) is 31.6 Å². The molecule has 0 atom stereocenters. The summed E-state index contributed by atoms with van der Waals surface area (Å²) < 4.78 is 6.06. The first-order valence-corrected chi connectivity index (χ1v) is 10.9. The molecule has 0 saturated carbocycles. The number of aryl methyl sites for hydroxylation is 2. The van der Waals surface area contributed by atoms with E-state index in [2.05, 4.69) is 98.7 Å². The minimum absolute atomic E-state index is 0.705. The number of fused-ring (bicyclic) bond motifs is 2.